The molecule has 0 unspecified atom stereocenters. The van der Waals surface area contributed by atoms with Gasteiger partial charge in [0.15, 0.2) is 11.5 Å². The maximum absolute atomic E-state index is 12.5. The lowest BCUT2D eigenvalue weighted by atomic mass is 10.1. The van der Waals surface area contributed by atoms with Crippen molar-refractivity contribution in [1.29, 1.82) is 0 Å². The van der Waals surface area contributed by atoms with Crippen LogP contribution in [-0.2, 0) is 14.4 Å². The van der Waals surface area contributed by atoms with Crippen molar-refractivity contribution in [3.63, 3.8) is 0 Å². The number of nitrogens with one attached hydrogen (secondary N) is 2. The molecule has 1 fully saturated rings. The molecule has 0 spiro atoms. The number of rotatable bonds is 7. The number of hydrogen-bond donors (Lipinski definition) is 2. The second-order valence-corrected chi connectivity index (χ2v) is 7.52. The van der Waals surface area contributed by atoms with Crippen molar-refractivity contribution < 1.29 is 28.6 Å². The molecule has 0 radical (unpaired) electrons. The van der Waals surface area contributed by atoms with Gasteiger partial charge in [0.2, 0.25) is 17.9 Å². The first-order chi connectivity index (χ1) is 15.6. The van der Waals surface area contributed by atoms with Gasteiger partial charge in [-0.05, 0) is 24.3 Å². The predicted octanol–water partition coefficient (Wildman–Crippen LogP) is 1.12. The summed E-state index contributed by atoms with van der Waals surface area (Å²) in [6.07, 6.45) is -0.620. The van der Waals surface area contributed by atoms with Gasteiger partial charge in [-0.15, -0.1) is 0 Å². The first kappa shape index (κ1) is 21.5. The number of carbonyl (C=O) groups is 3. The predicted molar refractivity (Wildman–Crippen MR) is 116 cm³/mol. The van der Waals surface area contributed by atoms with Gasteiger partial charge in [-0.1, -0.05) is 24.3 Å². The Bertz CT molecular complexity index is 1010. The van der Waals surface area contributed by atoms with Crippen molar-refractivity contribution >= 4 is 23.4 Å². The summed E-state index contributed by atoms with van der Waals surface area (Å²) in [5.74, 6) is 0.589. The lowest BCUT2D eigenvalue weighted by molar-refractivity contribution is -0.130. The molecule has 2 aromatic carbocycles. The van der Waals surface area contributed by atoms with Gasteiger partial charge in [0.05, 0.1) is 18.7 Å². The Morgan fingerprint density at radius 3 is 2.50 bits per heavy atom. The van der Waals surface area contributed by atoms with Crippen LogP contribution in [0.15, 0.2) is 48.5 Å². The average Bonchev–Trinajstić information content (AvgIpc) is 3.22. The van der Waals surface area contributed by atoms with Crippen molar-refractivity contribution in [3.05, 3.63) is 48.5 Å². The van der Waals surface area contributed by atoms with E-state index in [0.717, 1.165) is 0 Å². The number of anilines is 1. The van der Waals surface area contributed by atoms with Crippen LogP contribution in [0, 0.1) is 5.92 Å². The maximum Gasteiger partial charge on any atom is 0.264 e. The number of carbonyl (C=O) groups excluding carboxylic acids is 3. The lowest BCUT2D eigenvalue weighted by Gasteiger charge is -2.25. The summed E-state index contributed by atoms with van der Waals surface area (Å²) in [4.78, 5) is 38.9. The summed E-state index contributed by atoms with van der Waals surface area (Å²) in [6.45, 7) is 0.888. The van der Waals surface area contributed by atoms with Gasteiger partial charge in [0.25, 0.3) is 5.91 Å². The highest BCUT2D eigenvalue weighted by Crippen LogP contribution is 2.33. The van der Waals surface area contributed by atoms with E-state index in [1.54, 1.807) is 42.3 Å². The Balaban J connectivity index is 1.22. The molecule has 1 saturated heterocycles. The third-order valence-corrected chi connectivity index (χ3v) is 5.40. The fourth-order valence-electron chi connectivity index (χ4n) is 3.75. The molecule has 0 saturated carbocycles. The first-order valence-corrected chi connectivity index (χ1v) is 10.4. The van der Waals surface area contributed by atoms with Gasteiger partial charge in [0, 0.05) is 26.1 Å². The topological polar surface area (TPSA) is 106 Å². The zero-order valence-electron chi connectivity index (χ0n) is 17.7. The van der Waals surface area contributed by atoms with E-state index in [1.807, 2.05) is 18.2 Å². The number of ether oxygens (including phenoxy) is 3. The maximum atomic E-state index is 12.5. The lowest BCUT2D eigenvalue weighted by Crippen LogP contribution is -2.46. The Morgan fingerprint density at radius 2 is 1.72 bits per heavy atom. The van der Waals surface area contributed by atoms with Crippen LogP contribution in [0.2, 0.25) is 0 Å². The van der Waals surface area contributed by atoms with Crippen LogP contribution < -0.4 is 29.7 Å². The summed E-state index contributed by atoms with van der Waals surface area (Å²) >= 11 is 0. The van der Waals surface area contributed by atoms with Gasteiger partial charge < -0.3 is 29.7 Å². The molecular weight excluding hydrogens is 414 g/mol. The summed E-state index contributed by atoms with van der Waals surface area (Å²) in [5.41, 5.74) is 0.652. The van der Waals surface area contributed by atoms with Gasteiger partial charge in [-0.2, -0.15) is 0 Å². The molecule has 32 heavy (non-hydrogen) atoms. The number of methoxy groups -OCH3 is 1. The monoisotopic (exact) mass is 439 g/mol. The van der Waals surface area contributed by atoms with Crippen molar-refractivity contribution in [3.8, 4) is 17.2 Å². The van der Waals surface area contributed by atoms with E-state index in [2.05, 4.69) is 10.6 Å². The normalized spacial score (nSPS) is 19.4. The molecule has 2 aromatic rings. The van der Waals surface area contributed by atoms with Crippen molar-refractivity contribution in [2.45, 2.75) is 12.5 Å². The SMILES string of the molecule is COc1ccccc1N1C[C@@H](C(=O)NCCNC(=O)[C@@H]2COc3ccccc3O2)CC1=O. The van der Waals surface area contributed by atoms with Crippen LogP contribution in [-0.4, -0.2) is 57.2 Å². The zero-order chi connectivity index (χ0) is 22.5. The second kappa shape index (κ2) is 9.59. The molecule has 0 aliphatic carbocycles. The molecular formula is C23H25N3O6. The number of amides is 3. The van der Waals surface area contributed by atoms with Crippen LogP contribution >= 0.6 is 0 Å². The molecule has 168 valence electrons. The number of para-hydroxylation sites is 4. The standard InChI is InChI=1S/C23H25N3O6/c1-30-17-7-3-2-6-16(17)26-13-15(12-21(26)27)22(28)24-10-11-25-23(29)20-14-31-18-8-4-5-9-19(18)32-20/h2-9,15,20H,10-14H2,1H3,(H,24,28)(H,25,29)/t15-,20-/m0/s1. The third kappa shape index (κ3) is 4.61. The fraction of sp³-hybridized carbons (Fsp3) is 0.348. The van der Waals surface area contributed by atoms with Crippen LogP contribution in [0.5, 0.6) is 17.2 Å². The van der Waals surface area contributed by atoms with Gasteiger partial charge in [0.1, 0.15) is 12.4 Å². The van der Waals surface area contributed by atoms with Crippen LogP contribution in [0.3, 0.4) is 0 Å². The van der Waals surface area contributed by atoms with Gasteiger partial charge in [-0.25, -0.2) is 0 Å². The Hall–Kier alpha value is -3.75. The van der Waals surface area contributed by atoms with E-state index >= 15 is 0 Å². The summed E-state index contributed by atoms with van der Waals surface area (Å²) in [7, 11) is 1.54. The highest BCUT2D eigenvalue weighted by atomic mass is 16.6. The second-order valence-electron chi connectivity index (χ2n) is 7.52. The number of hydrogen-bond acceptors (Lipinski definition) is 6. The zero-order valence-corrected chi connectivity index (χ0v) is 17.7. The third-order valence-electron chi connectivity index (χ3n) is 5.40. The first-order valence-electron chi connectivity index (χ1n) is 10.4. The molecule has 3 amide bonds. The van der Waals surface area contributed by atoms with E-state index in [1.165, 1.54) is 0 Å². The minimum absolute atomic E-state index is 0.123. The summed E-state index contributed by atoms with van der Waals surface area (Å²) < 4.78 is 16.5. The average molecular weight is 439 g/mol. The van der Waals surface area contributed by atoms with E-state index < -0.39 is 12.0 Å². The quantitative estimate of drug-likeness (QED) is 0.627. The molecule has 2 aliphatic rings. The van der Waals surface area contributed by atoms with Crippen molar-refractivity contribution in [1.82, 2.24) is 10.6 Å². The van der Waals surface area contributed by atoms with Gasteiger partial charge in [-0.3, -0.25) is 14.4 Å². The van der Waals surface area contributed by atoms with E-state index in [0.29, 0.717) is 22.9 Å². The molecule has 0 bridgehead atoms. The molecule has 2 heterocycles. The highest BCUT2D eigenvalue weighted by Gasteiger charge is 2.36. The molecule has 2 atom stereocenters. The Kier molecular flexibility index (Phi) is 6.44. The molecule has 0 aromatic heterocycles. The van der Waals surface area contributed by atoms with Gasteiger partial charge >= 0.3 is 0 Å². The van der Waals surface area contributed by atoms with E-state index in [-0.39, 0.29) is 50.4 Å². The minimum atomic E-state index is -0.748. The van der Waals surface area contributed by atoms with Crippen LogP contribution in [0.1, 0.15) is 6.42 Å². The number of fused-ring (bicyclic) bond motifs is 1. The molecule has 4 rings (SSSR count). The van der Waals surface area contributed by atoms with Crippen LogP contribution in [0.4, 0.5) is 5.69 Å². The van der Waals surface area contributed by atoms with E-state index in [4.69, 9.17) is 14.2 Å². The van der Waals surface area contributed by atoms with Crippen LogP contribution in [0.25, 0.3) is 0 Å². The Labute approximate surface area is 185 Å². The highest BCUT2D eigenvalue weighted by molar-refractivity contribution is 6.01. The largest absolute Gasteiger partial charge is 0.495 e. The van der Waals surface area contributed by atoms with E-state index in [9.17, 15) is 14.4 Å². The smallest absolute Gasteiger partial charge is 0.264 e. The number of nitrogens with zero attached hydrogens (tertiary/aromatic N) is 1. The van der Waals surface area contributed by atoms with Crippen molar-refractivity contribution in [2.24, 2.45) is 5.92 Å². The number of benzene rings is 2. The molecule has 9 heteroatoms. The molecule has 9 nitrogen and oxygen atoms in total. The Morgan fingerprint density at radius 1 is 1.03 bits per heavy atom. The minimum Gasteiger partial charge on any atom is -0.495 e. The fourth-order valence-corrected chi connectivity index (χ4v) is 3.75. The summed E-state index contributed by atoms with van der Waals surface area (Å²) in [5, 5.41) is 5.52. The van der Waals surface area contributed by atoms with Crippen molar-refractivity contribution in [2.75, 3.05) is 38.3 Å². The summed E-state index contributed by atoms with van der Waals surface area (Å²) in [6, 6.07) is 14.4. The molecule has 2 N–H and O–H groups in total. The molecule has 2 aliphatic heterocycles.